The summed E-state index contributed by atoms with van der Waals surface area (Å²) in [6.07, 6.45) is 1.90. The van der Waals surface area contributed by atoms with Crippen LogP contribution >= 0.6 is 0 Å². The van der Waals surface area contributed by atoms with Crippen LogP contribution in [0.5, 0.6) is 0 Å². The van der Waals surface area contributed by atoms with Crippen LogP contribution in [0.15, 0.2) is 18.3 Å². The Morgan fingerprint density at radius 3 is 2.00 bits per heavy atom. The summed E-state index contributed by atoms with van der Waals surface area (Å²) in [5.74, 6) is 0. The molecule has 1 rings (SSSR count). The number of aromatic nitrogens is 1. The van der Waals surface area contributed by atoms with E-state index in [2.05, 4.69) is 0 Å². The fourth-order valence-corrected chi connectivity index (χ4v) is 3.18. The van der Waals surface area contributed by atoms with Crippen LogP contribution in [-0.2, 0) is 13.3 Å². The van der Waals surface area contributed by atoms with Crippen molar-refractivity contribution in [3.05, 3.63) is 24.0 Å². The highest BCUT2D eigenvalue weighted by Gasteiger charge is 2.42. The third kappa shape index (κ3) is 1.68. The second-order valence-electron chi connectivity index (χ2n) is 2.66. The maximum absolute atomic E-state index is 5.32. The normalized spacial score (nSPS) is 12.0. The predicted octanol–water partition coefficient (Wildman–Crippen LogP) is 1.02. The van der Waals surface area contributed by atoms with Crippen LogP contribution < -0.4 is 0 Å². The van der Waals surface area contributed by atoms with Gasteiger partial charge in [0, 0.05) is 33.2 Å². The first-order valence-electron chi connectivity index (χ1n) is 4.00. The van der Waals surface area contributed by atoms with Crippen molar-refractivity contribution >= 4 is 8.97 Å². The van der Waals surface area contributed by atoms with E-state index in [0.29, 0.717) is 0 Å². The number of hydrogen-bond acceptors (Lipinski definition) is 3. The quantitative estimate of drug-likeness (QED) is 0.682. The molecule has 1 aromatic rings. The fourth-order valence-electron chi connectivity index (χ4n) is 1.32. The van der Waals surface area contributed by atoms with Crippen LogP contribution in [-0.4, -0.2) is 34.5 Å². The molecule has 0 aromatic carbocycles. The van der Waals surface area contributed by atoms with Gasteiger partial charge >= 0.3 is 8.97 Å². The minimum Gasteiger partial charge on any atom is -0.360 e. The Labute approximate surface area is 79.5 Å². The summed E-state index contributed by atoms with van der Waals surface area (Å²) in [4.78, 5) is 0. The maximum Gasteiger partial charge on any atom is 0.636 e. The van der Waals surface area contributed by atoms with Crippen molar-refractivity contribution in [3.8, 4) is 0 Å². The van der Waals surface area contributed by atoms with Crippen molar-refractivity contribution in [1.82, 2.24) is 4.23 Å². The summed E-state index contributed by atoms with van der Waals surface area (Å²) < 4.78 is 17.9. The minimum atomic E-state index is -2.67. The molecular weight excluding hydrogens is 186 g/mol. The van der Waals surface area contributed by atoms with Crippen LogP contribution in [0.4, 0.5) is 0 Å². The van der Waals surface area contributed by atoms with Crippen molar-refractivity contribution in [2.75, 3.05) is 21.3 Å². The summed E-state index contributed by atoms with van der Waals surface area (Å²) in [7, 11) is 2.12. The molecule has 4 nitrogen and oxygen atoms in total. The molecule has 0 N–H and O–H groups in total. The molecule has 5 heteroatoms. The molecule has 1 heterocycles. The Morgan fingerprint density at radius 1 is 1.15 bits per heavy atom. The second kappa shape index (κ2) is 4.06. The van der Waals surface area contributed by atoms with Crippen LogP contribution in [0.2, 0.25) is 0 Å². The number of aryl methyl sites for hydroxylation is 1. The monoisotopic (exact) mass is 201 g/mol. The topological polar surface area (TPSA) is 32.6 Å². The average molecular weight is 201 g/mol. The lowest BCUT2D eigenvalue weighted by Crippen LogP contribution is -2.51. The predicted molar refractivity (Wildman–Crippen MR) is 51.3 cm³/mol. The second-order valence-corrected chi connectivity index (χ2v) is 5.41. The molecule has 0 saturated carbocycles. The Hall–Kier alpha value is -0.623. The smallest absolute Gasteiger partial charge is 0.360 e. The van der Waals surface area contributed by atoms with Crippen molar-refractivity contribution < 1.29 is 13.3 Å². The standard InChI is InChI=1S/C8H15NO3Si/c1-8-6-5-7-9(8)13(10-2,11-3)12-4/h5-7H,1-4H3. The van der Waals surface area contributed by atoms with E-state index in [1.54, 1.807) is 21.3 Å². The maximum atomic E-state index is 5.32. The van der Waals surface area contributed by atoms with E-state index < -0.39 is 8.97 Å². The third-order valence-electron chi connectivity index (χ3n) is 2.02. The van der Waals surface area contributed by atoms with Crippen molar-refractivity contribution in [1.29, 1.82) is 0 Å². The van der Waals surface area contributed by atoms with Gasteiger partial charge in [0.15, 0.2) is 0 Å². The molecule has 0 fully saturated rings. The zero-order chi connectivity index (χ0) is 9.90. The minimum absolute atomic E-state index is 1.07. The highest BCUT2D eigenvalue weighted by molar-refractivity contribution is 6.59. The van der Waals surface area contributed by atoms with Gasteiger partial charge in [-0.2, -0.15) is 0 Å². The van der Waals surface area contributed by atoms with Gasteiger partial charge in [0.25, 0.3) is 0 Å². The van der Waals surface area contributed by atoms with E-state index in [4.69, 9.17) is 13.3 Å². The number of nitrogens with zero attached hydrogens (tertiary/aromatic N) is 1. The van der Waals surface area contributed by atoms with Gasteiger partial charge in [0.05, 0.1) is 0 Å². The molecule has 0 bridgehead atoms. The first-order valence-corrected chi connectivity index (χ1v) is 5.67. The molecule has 0 atom stereocenters. The van der Waals surface area contributed by atoms with E-state index in [9.17, 15) is 0 Å². The van der Waals surface area contributed by atoms with Crippen LogP contribution in [0.1, 0.15) is 5.69 Å². The van der Waals surface area contributed by atoms with Gasteiger partial charge in [-0.3, -0.25) is 0 Å². The van der Waals surface area contributed by atoms with Gasteiger partial charge in [0.1, 0.15) is 0 Å². The molecule has 0 radical (unpaired) electrons. The Bertz CT molecular complexity index is 262. The summed E-state index contributed by atoms with van der Waals surface area (Å²) in [5.41, 5.74) is 1.07. The van der Waals surface area contributed by atoms with E-state index in [1.165, 1.54) is 0 Å². The molecular formula is C8H15NO3Si. The summed E-state index contributed by atoms with van der Waals surface area (Å²) in [6, 6.07) is 3.92. The molecule has 0 aliphatic carbocycles. The Kier molecular flexibility index (Phi) is 3.26. The van der Waals surface area contributed by atoms with Crippen molar-refractivity contribution in [2.45, 2.75) is 6.92 Å². The lowest BCUT2D eigenvalue weighted by Gasteiger charge is -2.25. The van der Waals surface area contributed by atoms with E-state index in [1.807, 2.05) is 29.5 Å². The molecule has 0 saturated heterocycles. The molecule has 0 aliphatic rings. The highest BCUT2D eigenvalue weighted by Crippen LogP contribution is 2.13. The fraction of sp³-hybridized carbons (Fsp3) is 0.500. The Balaban J connectivity index is 3.07. The van der Waals surface area contributed by atoms with Gasteiger partial charge in [-0.05, 0) is 19.1 Å². The van der Waals surface area contributed by atoms with Crippen molar-refractivity contribution in [2.24, 2.45) is 0 Å². The number of hydrogen-bond donors (Lipinski definition) is 0. The SMILES string of the molecule is CO[Si](OC)(OC)n1cccc1C. The number of rotatable bonds is 4. The van der Waals surface area contributed by atoms with Gasteiger partial charge in [-0.15, -0.1) is 0 Å². The van der Waals surface area contributed by atoms with Crippen LogP contribution in [0, 0.1) is 6.92 Å². The van der Waals surface area contributed by atoms with Gasteiger partial charge < -0.3 is 17.5 Å². The van der Waals surface area contributed by atoms with E-state index in [0.717, 1.165) is 5.69 Å². The van der Waals surface area contributed by atoms with Gasteiger partial charge in [0.2, 0.25) is 0 Å². The molecule has 1 aromatic heterocycles. The zero-order valence-electron chi connectivity index (χ0n) is 8.40. The average Bonchev–Trinajstić information content (AvgIpc) is 2.57. The lowest BCUT2D eigenvalue weighted by atomic mass is 10.5. The van der Waals surface area contributed by atoms with Gasteiger partial charge in [-0.1, -0.05) is 0 Å². The van der Waals surface area contributed by atoms with Gasteiger partial charge in [-0.25, -0.2) is 0 Å². The molecule has 0 aliphatic heterocycles. The molecule has 0 unspecified atom stereocenters. The molecule has 0 spiro atoms. The summed E-state index contributed by atoms with van der Waals surface area (Å²) in [5, 5.41) is 0. The Morgan fingerprint density at radius 2 is 1.69 bits per heavy atom. The van der Waals surface area contributed by atoms with Crippen LogP contribution in [0.25, 0.3) is 0 Å². The highest BCUT2D eigenvalue weighted by atomic mass is 28.4. The third-order valence-corrected chi connectivity index (χ3v) is 4.66. The lowest BCUT2D eigenvalue weighted by molar-refractivity contribution is 0.112. The summed E-state index contributed by atoms with van der Waals surface area (Å²) >= 11 is 0. The van der Waals surface area contributed by atoms with E-state index >= 15 is 0 Å². The molecule has 0 amide bonds. The van der Waals surface area contributed by atoms with Crippen LogP contribution in [0.3, 0.4) is 0 Å². The molecule has 13 heavy (non-hydrogen) atoms. The first kappa shape index (κ1) is 10.5. The molecule has 74 valence electrons. The zero-order valence-corrected chi connectivity index (χ0v) is 9.40. The van der Waals surface area contributed by atoms with Crippen molar-refractivity contribution in [3.63, 3.8) is 0 Å². The first-order chi connectivity index (χ1) is 6.20. The largest absolute Gasteiger partial charge is 0.636 e. The van der Waals surface area contributed by atoms with E-state index in [-0.39, 0.29) is 0 Å². The summed E-state index contributed by atoms with van der Waals surface area (Å²) in [6.45, 7) is 1.98.